The van der Waals surface area contributed by atoms with Gasteiger partial charge in [0.2, 0.25) is 11.8 Å². The minimum atomic E-state index is -0.879. The highest BCUT2D eigenvalue weighted by atomic mass is 32.1. The van der Waals surface area contributed by atoms with Crippen molar-refractivity contribution < 1.29 is 19.0 Å². The summed E-state index contributed by atoms with van der Waals surface area (Å²) in [6.45, 7) is 5.30. The van der Waals surface area contributed by atoms with E-state index in [1.807, 2.05) is 32.0 Å². The summed E-state index contributed by atoms with van der Waals surface area (Å²) in [4.78, 5) is 12.8. The average Bonchev–Trinajstić information content (AvgIpc) is 3.09. The van der Waals surface area contributed by atoms with E-state index < -0.39 is 12.3 Å². The molecule has 1 aromatic carbocycles. The van der Waals surface area contributed by atoms with Gasteiger partial charge < -0.3 is 19.9 Å². The number of pyridine rings is 1. The largest absolute Gasteiger partial charge is 0.420 e. The molecule has 0 radical (unpaired) electrons. The fourth-order valence-electron chi connectivity index (χ4n) is 3.75. The fraction of sp³-hybridized carbons (Fsp3) is 0.318. The predicted octanol–water partition coefficient (Wildman–Crippen LogP) is 4.10. The number of nitrogens with one attached hydrogen (secondary N) is 2. The SMILES string of the molecule is CCOCc1cnc(F)nc1Oc1ccc2c(ccc3sc4c(c32)NC[C@@H](C)NC4O)n1. The van der Waals surface area contributed by atoms with Gasteiger partial charge in [-0.05, 0) is 32.0 Å². The van der Waals surface area contributed by atoms with Crippen LogP contribution in [-0.4, -0.2) is 39.3 Å². The van der Waals surface area contributed by atoms with E-state index in [9.17, 15) is 9.50 Å². The van der Waals surface area contributed by atoms with Crippen molar-refractivity contribution in [2.45, 2.75) is 32.7 Å². The van der Waals surface area contributed by atoms with E-state index in [1.165, 1.54) is 6.20 Å². The Balaban J connectivity index is 1.55. The molecule has 0 amide bonds. The van der Waals surface area contributed by atoms with Crippen LogP contribution in [0.25, 0.3) is 21.0 Å². The molecule has 8 nitrogen and oxygen atoms in total. The lowest BCUT2D eigenvalue weighted by atomic mass is 10.1. The molecule has 0 spiro atoms. The summed E-state index contributed by atoms with van der Waals surface area (Å²) in [6, 6.07) is 7.67. The molecule has 3 aromatic heterocycles. The second-order valence-electron chi connectivity index (χ2n) is 7.56. The standard InChI is InChI=1S/C22H22FN5O3S/c1-3-30-10-12-9-25-22(23)28-21(12)31-16-7-4-13-14(27-16)5-6-15-17(13)18-19(32-15)20(29)26-11(2)8-24-18/h4-7,9,11,20,24,26,29H,3,8,10H2,1-2H3/t11-,20?/m1/s1. The normalized spacial score (nSPS) is 18.4. The maximum Gasteiger partial charge on any atom is 0.311 e. The summed E-state index contributed by atoms with van der Waals surface area (Å²) < 4.78 is 25.9. The Morgan fingerprint density at radius 2 is 2.12 bits per heavy atom. The van der Waals surface area contributed by atoms with Gasteiger partial charge in [-0.25, -0.2) is 9.97 Å². The third-order valence-corrected chi connectivity index (χ3v) is 6.47. The van der Waals surface area contributed by atoms with Crippen molar-refractivity contribution in [2.24, 2.45) is 0 Å². The first-order chi connectivity index (χ1) is 15.5. The summed E-state index contributed by atoms with van der Waals surface area (Å²) in [5.41, 5.74) is 2.18. The Morgan fingerprint density at radius 1 is 1.25 bits per heavy atom. The van der Waals surface area contributed by atoms with E-state index in [-0.39, 0.29) is 24.4 Å². The molecule has 32 heavy (non-hydrogen) atoms. The maximum atomic E-state index is 13.6. The van der Waals surface area contributed by atoms with Crippen molar-refractivity contribution in [1.29, 1.82) is 0 Å². The molecule has 4 aromatic rings. The van der Waals surface area contributed by atoms with Crippen LogP contribution in [0.15, 0.2) is 30.5 Å². The van der Waals surface area contributed by atoms with Crippen LogP contribution < -0.4 is 15.4 Å². The Bertz CT molecular complexity index is 1300. The summed E-state index contributed by atoms with van der Waals surface area (Å²) >= 11 is 1.55. The summed E-state index contributed by atoms with van der Waals surface area (Å²) in [6.07, 6.45) is -0.254. The van der Waals surface area contributed by atoms with Gasteiger partial charge in [0.25, 0.3) is 0 Å². The Morgan fingerprint density at radius 3 is 2.97 bits per heavy atom. The summed E-state index contributed by atoms with van der Waals surface area (Å²) in [5.74, 6) is 0.366. The predicted molar refractivity (Wildman–Crippen MR) is 121 cm³/mol. The number of anilines is 1. The van der Waals surface area contributed by atoms with Crippen LogP contribution in [0.1, 0.15) is 30.5 Å². The van der Waals surface area contributed by atoms with Gasteiger partial charge in [-0.15, -0.1) is 11.3 Å². The third-order valence-electron chi connectivity index (χ3n) is 5.26. The monoisotopic (exact) mass is 455 g/mol. The van der Waals surface area contributed by atoms with E-state index in [4.69, 9.17) is 9.47 Å². The van der Waals surface area contributed by atoms with E-state index in [0.717, 1.165) is 31.6 Å². The lowest BCUT2D eigenvalue weighted by Gasteiger charge is -2.13. The number of rotatable bonds is 5. The zero-order chi connectivity index (χ0) is 22.2. The van der Waals surface area contributed by atoms with Gasteiger partial charge in [-0.3, -0.25) is 5.32 Å². The van der Waals surface area contributed by atoms with E-state index in [2.05, 4.69) is 25.6 Å². The van der Waals surface area contributed by atoms with Crippen LogP contribution in [-0.2, 0) is 11.3 Å². The van der Waals surface area contributed by atoms with Crippen molar-refractivity contribution in [1.82, 2.24) is 20.3 Å². The zero-order valence-corrected chi connectivity index (χ0v) is 18.4. The number of aromatic nitrogens is 3. The van der Waals surface area contributed by atoms with Crippen LogP contribution in [0, 0.1) is 6.08 Å². The molecular formula is C22H22FN5O3S. The molecule has 5 rings (SSSR count). The van der Waals surface area contributed by atoms with Gasteiger partial charge in [0.1, 0.15) is 6.23 Å². The molecule has 1 aliphatic rings. The van der Waals surface area contributed by atoms with Crippen molar-refractivity contribution >= 4 is 38.0 Å². The second kappa shape index (κ2) is 8.55. The highest BCUT2D eigenvalue weighted by molar-refractivity contribution is 7.20. The summed E-state index contributed by atoms with van der Waals surface area (Å²) in [5, 5.41) is 19.2. The number of hydrogen-bond acceptors (Lipinski definition) is 9. The van der Waals surface area contributed by atoms with E-state index in [0.29, 0.717) is 18.7 Å². The number of nitrogens with zero attached hydrogens (tertiary/aromatic N) is 3. The number of ether oxygens (including phenoxy) is 2. The number of fused-ring (bicyclic) bond motifs is 5. The molecular weight excluding hydrogens is 433 g/mol. The molecule has 1 aliphatic heterocycles. The van der Waals surface area contributed by atoms with Crippen molar-refractivity contribution in [2.75, 3.05) is 18.5 Å². The molecule has 2 atom stereocenters. The number of thiophene rings is 1. The van der Waals surface area contributed by atoms with Crippen molar-refractivity contribution in [3.05, 3.63) is 47.0 Å². The highest BCUT2D eigenvalue weighted by Crippen LogP contribution is 2.43. The van der Waals surface area contributed by atoms with E-state index >= 15 is 0 Å². The van der Waals surface area contributed by atoms with Crippen LogP contribution in [0.5, 0.6) is 11.8 Å². The summed E-state index contributed by atoms with van der Waals surface area (Å²) in [7, 11) is 0. The Kier molecular flexibility index (Phi) is 5.60. The third kappa shape index (κ3) is 3.86. The molecule has 0 aliphatic carbocycles. The molecule has 0 saturated heterocycles. The quantitative estimate of drug-likeness (QED) is 0.387. The van der Waals surface area contributed by atoms with Gasteiger partial charge in [0.05, 0.1) is 28.3 Å². The van der Waals surface area contributed by atoms with E-state index in [1.54, 1.807) is 17.4 Å². The first-order valence-corrected chi connectivity index (χ1v) is 11.2. The first kappa shape index (κ1) is 21.0. The number of aliphatic hydroxyl groups excluding tert-OH is 1. The fourth-order valence-corrected chi connectivity index (χ4v) is 4.90. The first-order valence-electron chi connectivity index (χ1n) is 10.3. The number of benzene rings is 1. The number of halogens is 1. The minimum Gasteiger partial charge on any atom is -0.420 e. The van der Waals surface area contributed by atoms with Gasteiger partial charge >= 0.3 is 6.08 Å². The van der Waals surface area contributed by atoms with Gasteiger partial charge in [0, 0.05) is 46.9 Å². The molecule has 0 bridgehead atoms. The van der Waals surface area contributed by atoms with Crippen molar-refractivity contribution in [3.63, 3.8) is 0 Å². The maximum absolute atomic E-state index is 13.6. The van der Waals surface area contributed by atoms with Gasteiger partial charge in [-0.2, -0.15) is 9.37 Å². The molecule has 3 N–H and O–H groups in total. The topological polar surface area (TPSA) is 101 Å². The van der Waals surface area contributed by atoms with Crippen molar-refractivity contribution in [3.8, 4) is 11.8 Å². The Labute approximate surface area is 187 Å². The van der Waals surface area contributed by atoms with Gasteiger partial charge in [-0.1, -0.05) is 0 Å². The molecule has 4 heterocycles. The molecule has 0 fully saturated rings. The van der Waals surface area contributed by atoms with Gasteiger partial charge in [0.15, 0.2) is 0 Å². The number of hydrogen-bond donors (Lipinski definition) is 3. The lowest BCUT2D eigenvalue weighted by molar-refractivity contribution is 0.131. The lowest BCUT2D eigenvalue weighted by Crippen LogP contribution is -2.32. The average molecular weight is 456 g/mol. The van der Waals surface area contributed by atoms with Crippen LogP contribution in [0.3, 0.4) is 0 Å². The zero-order valence-electron chi connectivity index (χ0n) is 17.6. The highest BCUT2D eigenvalue weighted by Gasteiger charge is 2.25. The number of aliphatic hydroxyl groups is 1. The Hall–Kier alpha value is -2.92. The molecule has 1 unspecified atom stereocenters. The smallest absolute Gasteiger partial charge is 0.311 e. The minimum absolute atomic E-state index is 0.0770. The van der Waals surface area contributed by atoms with Crippen LogP contribution >= 0.6 is 11.3 Å². The van der Waals surface area contributed by atoms with Crippen LogP contribution in [0.2, 0.25) is 0 Å². The molecule has 166 valence electrons. The van der Waals surface area contributed by atoms with Crippen LogP contribution in [0.4, 0.5) is 10.1 Å². The second-order valence-corrected chi connectivity index (χ2v) is 8.64. The molecule has 10 heteroatoms. The molecule has 0 saturated carbocycles.